The van der Waals surface area contributed by atoms with Crippen molar-refractivity contribution >= 4 is 5.69 Å². The van der Waals surface area contributed by atoms with Crippen molar-refractivity contribution < 1.29 is 18.4 Å². The predicted octanol–water partition coefficient (Wildman–Crippen LogP) is 2.75. The standard InChI is InChI=1S/C10H8F2NO3/c1-10(11,12)7-2-6-4-16-5-8(6)9(3-7)13(14)15/h2-4H,5H2,1H3. The van der Waals surface area contributed by atoms with E-state index in [-0.39, 0.29) is 17.9 Å². The van der Waals surface area contributed by atoms with E-state index in [2.05, 4.69) is 0 Å². The van der Waals surface area contributed by atoms with Gasteiger partial charge in [-0.25, -0.2) is 8.78 Å². The fourth-order valence-corrected chi connectivity index (χ4v) is 1.57. The number of nitro benzene ring substituents is 1. The van der Waals surface area contributed by atoms with E-state index >= 15 is 0 Å². The lowest BCUT2D eigenvalue weighted by Crippen LogP contribution is -2.09. The molecular weight excluding hydrogens is 220 g/mol. The molecule has 0 aromatic heterocycles. The van der Waals surface area contributed by atoms with Gasteiger partial charge in [-0.3, -0.25) is 10.1 Å². The molecular formula is C10H8F2NO3. The minimum Gasteiger partial charge on any atom is -0.365 e. The molecule has 2 rings (SSSR count). The first-order valence-corrected chi connectivity index (χ1v) is 4.54. The van der Waals surface area contributed by atoms with Gasteiger partial charge in [0.2, 0.25) is 0 Å². The zero-order valence-corrected chi connectivity index (χ0v) is 8.37. The van der Waals surface area contributed by atoms with E-state index in [0.717, 1.165) is 6.07 Å². The number of hydrogen-bond donors (Lipinski definition) is 0. The first kappa shape index (κ1) is 10.9. The lowest BCUT2D eigenvalue weighted by atomic mass is 10.0. The van der Waals surface area contributed by atoms with Crippen molar-refractivity contribution in [2.24, 2.45) is 0 Å². The van der Waals surface area contributed by atoms with Crippen LogP contribution in [0.15, 0.2) is 12.1 Å². The average molecular weight is 228 g/mol. The van der Waals surface area contributed by atoms with Crippen LogP contribution in [0.3, 0.4) is 0 Å². The second-order valence-electron chi connectivity index (χ2n) is 3.64. The fraction of sp³-hybridized carbons (Fsp3) is 0.300. The van der Waals surface area contributed by atoms with Gasteiger partial charge in [0.15, 0.2) is 0 Å². The zero-order valence-electron chi connectivity index (χ0n) is 8.37. The van der Waals surface area contributed by atoms with Crippen LogP contribution in [0, 0.1) is 16.7 Å². The molecule has 1 aromatic rings. The topological polar surface area (TPSA) is 52.4 Å². The molecule has 1 aromatic carbocycles. The molecule has 0 N–H and O–H groups in total. The average Bonchev–Trinajstić information content (AvgIpc) is 2.61. The van der Waals surface area contributed by atoms with Gasteiger partial charge in [-0.05, 0) is 11.6 Å². The van der Waals surface area contributed by atoms with E-state index in [1.807, 2.05) is 0 Å². The Hall–Kier alpha value is -1.56. The Morgan fingerprint density at radius 3 is 2.75 bits per heavy atom. The molecule has 0 spiro atoms. The number of alkyl halides is 2. The third-order valence-electron chi connectivity index (χ3n) is 2.40. The summed E-state index contributed by atoms with van der Waals surface area (Å²) >= 11 is 0. The Bertz CT molecular complexity index is 454. The van der Waals surface area contributed by atoms with Gasteiger partial charge in [-0.2, -0.15) is 0 Å². The minimum atomic E-state index is -3.10. The van der Waals surface area contributed by atoms with Crippen LogP contribution in [0.25, 0.3) is 0 Å². The second-order valence-corrected chi connectivity index (χ2v) is 3.64. The Morgan fingerprint density at radius 2 is 2.19 bits per heavy atom. The molecule has 85 valence electrons. The molecule has 0 aliphatic carbocycles. The molecule has 16 heavy (non-hydrogen) atoms. The summed E-state index contributed by atoms with van der Waals surface area (Å²) in [6.07, 6.45) is 0. The molecule has 0 amide bonds. The molecule has 0 atom stereocenters. The van der Waals surface area contributed by atoms with Crippen molar-refractivity contribution in [3.05, 3.63) is 45.5 Å². The molecule has 0 bridgehead atoms. The van der Waals surface area contributed by atoms with Gasteiger partial charge in [0.05, 0.1) is 17.1 Å². The number of fused-ring (bicyclic) bond motifs is 1. The highest BCUT2D eigenvalue weighted by Crippen LogP contribution is 2.37. The summed E-state index contributed by atoms with van der Waals surface area (Å²) in [6, 6.07) is 2.12. The van der Waals surface area contributed by atoms with E-state index in [4.69, 9.17) is 4.74 Å². The number of benzene rings is 1. The lowest BCUT2D eigenvalue weighted by molar-refractivity contribution is -0.385. The van der Waals surface area contributed by atoms with Crippen LogP contribution >= 0.6 is 0 Å². The van der Waals surface area contributed by atoms with Crippen LogP contribution in [0.1, 0.15) is 23.6 Å². The molecule has 6 heteroatoms. The first-order valence-electron chi connectivity index (χ1n) is 4.54. The molecule has 1 heterocycles. The Balaban J connectivity index is 2.61. The van der Waals surface area contributed by atoms with Crippen molar-refractivity contribution in [3.63, 3.8) is 0 Å². The highest BCUT2D eigenvalue weighted by Gasteiger charge is 2.31. The smallest absolute Gasteiger partial charge is 0.275 e. The maximum Gasteiger partial charge on any atom is 0.275 e. The summed E-state index contributed by atoms with van der Waals surface area (Å²) in [7, 11) is 0. The number of ether oxygens (including phenoxy) is 1. The van der Waals surface area contributed by atoms with Crippen molar-refractivity contribution in [2.75, 3.05) is 0 Å². The lowest BCUT2D eigenvalue weighted by Gasteiger charge is -2.11. The third kappa shape index (κ3) is 1.76. The van der Waals surface area contributed by atoms with E-state index < -0.39 is 10.8 Å². The maximum absolute atomic E-state index is 13.1. The second kappa shape index (κ2) is 3.48. The molecule has 1 aliphatic rings. The summed E-state index contributed by atoms with van der Waals surface area (Å²) in [4.78, 5) is 10.1. The minimum absolute atomic E-state index is 0.0568. The summed E-state index contributed by atoms with van der Waals surface area (Å²) in [5, 5.41) is 10.7. The molecule has 0 fully saturated rings. The van der Waals surface area contributed by atoms with Crippen LogP contribution in [-0.4, -0.2) is 4.92 Å². The van der Waals surface area contributed by atoms with Gasteiger partial charge in [0.1, 0.15) is 6.61 Å². The highest BCUT2D eigenvalue weighted by molar-refractivity contribution is 5.52. The van der Waals surface area contributed by atoms with E-state index in [0.29, 0.717) is 18.1 Å². The number of halogens is 2. The summed E-state index contributed by atoms with van der Waals surface area (Å²) < 4.78 is 31.1. The maximum atomic E-state index is 13.1. The van der Waals surface area contributed by atoms with E-state index in [1.54, 1.807) is 0 Å². The molecule has 0 saturated carbocycles. The molecule has 4 nitrogen and oxygen atoms in total. The normalized spacial score (nSPS) is 14.9. The van der Waals surface area contributed by atoms with Crippen molar-refractivity contribution in [3.8, 4) is 0 Å². The number of nitrogens with zero attached hydrogens (tertiary/aromatic N) is 1. The van der Waals surface area contributed by atoms with Gasteiger partial charge in [0, 0.05) is 18.6 Å². The zero-order chi connectivity index (χ0) is 11.9. The molecule has 0 unspecified atom stereocenters. The Kier molecular flexibility index (Phi) is 2.38. The van der Waals surface area contributed by atoms with Crippen molar-refractivity contribution in [1.29, 1.82) is 0 Å². The molecule has 1 radical (unpaired) electrons. The SMILES string of the molecule is CC(F)(F)c1cc2c(c([N+](=O)[O-])c1)CO[CH]2. The summed E-state index contributed by atoms with van der Waals surface area (Å²) in [5.41, 5.74) is 0.00574. The van der Waals surface area contributed by atoms with E-state index in [1.165, 1.54) is 12.7 Å². The third-order valence-corrected chi connectivity index (χ3v) is 2.40. The van der Waals surface area contributed by atoms with Crippen LogP contribution in [0.4, 0.5) is 14.5 Å². The van der Waals surface area contributed by atoms with Gasteiger partial charge >= 0.3 is 0 Å². The number of nitro groups is 1. The van der Waals surface area contributed by atoms with Gasteiger partial charge in [0.25, 0.3) is 11.6 Å². The van der Waals surface area contributed by atoms with Gasteiger partial charge in [-0.15, -0.1) is 0 Å². The largest absolute Gasteiger partial charge is 0.365 e. The van der Waals surface area contributed by atoms with Crippen LogP contribution < -0.4 is 0 Å². The Morgan fingerprint density at radius 1 is 1.50 bits per heavy atom. The quantitative estimate of drug-likeness (QED) is 0.577. The monoisotopic (exact) mass is 228 g/mol. The molecule has 0 saturated heterocycles. The van der Waals surface area contributed by atoms with Crippen molar-refractivity contribution in [2.45, 2.75) is 19.5 Å². The van der Waals surface area contributed by atoms with E-state index in [9.17, 15) is 18.9 Å². The number of rotatable bonds is 2. The van der Waals surface area contributed by atoms with Gasteiger partial charge in [-0.1, -0.05) is 0 Å². The molecule has 1 aliphatic heterocycles. The summed E-state index contributed by atoms with van der Waals surface area (Å²) in [6.45, 7) is 2.02. The fourth-order valence-electron chi connectivity index (χ4n) is 1.57. The van der Waals surface area contributed by atoms with Gasteiger partial charge < -0.3 is 4.74 Å². The van der Waals surface area contributed by atoms with Crippen LogP contribution in [-0.2, 0) is 17.3 Å². The van der Waals surface area contributed by atoms with Crippen LogP contribution in [0.5, 0.6) is 0 Å². The van der Waals surface area contributed by atoms with Crippen LogP contribution in [0.2, 0.25) is 0 Å². The predicted molar refractivity (Wildman–Crippen MR) is 50.9 cm³/mol. The van der Waals surface area contributed by atoms with Crippen molar-refractivity contribution in [1.82, 2.24) is 0 Å². The number of hydrogen-bond acceptors (Lipinski definition) is 3. The highest BCUT2D eigenvalue weighted by atomic mass is 19.3. The first-order chi connectivity index (χ1) is 7.39. The summed E-state index contributed by atoms with van der Waals surface area (Å²) in [5.74, 6) is -3.10. The Labute approximate surface area is 90.0 Å².